The molecule has 3 rings (SSSR count). The van der Waals surface area contributed by atoms with Crippen molar-refractivity contribution in [3.63, 3.8) is 0 Å². The lowest BCUT2D eigenvalue weighted by molar-refractivity contribution is -0.384. The molecule has 1 saturated heterocycles. The van der Waals surface area contributed by atoms with Gasteiger partial charge in [0.15, 0.2) is 0 Å². The summed E-state index contributed by atoms with van der Waals surface area (Å²) >= 11 is 1.09. The van der Waals surface area contributed by atoms with Crippen LogP contribution in [-0.4, -0.2) is 35.3 Å². The Kier molecular flexibility index (Phi) is 5.08. The average molecular weight is 359 g/mol. The predicted octanol–water partition coefficient (Wildman–Crippen LogP) is 4.10. The highest BCUT2D eigenvalue weighted by molar-refractivity contribution is 7.12. The van der Waals surface area contributed by atoms with Crippen LogP contribution < -0.4 is 4.90 Å². The number of piperidine rings is 1. The molecule has 130 valence electrons. The van der Waals surface area contributed by atoms with E-state index in [0.29, 0.717) is 16.9 Å². The van der Waals surface area contributed by atoms with Gasteiger partial charge in [-0.3, -0.25) is 15.1 Å². The maximum atomic E-state index is 11.5. The fraction of sp³-hybridized carbons (Fsp3) is 0.294. The van der Waals surface area contributed by atoms with Gasteiger partial charge in [0.05, 0.1) is 10.6 Å². The Balaban J connectivity index is 1.88. The quantitative estimate of drug-likeness (QED) is 0.493. The second-order valence-corrected chi connectivity index (χ2v) is 6.67. The number of nitro groups is 1. The van der Waals surface area contributed by atoms with Crippen LogP contribution in [0.25, 0.3) is 0 Å². The summed E-state index contributed by atoms with van der Waals surface area (Å²) in [5.41, 5.74) is 1.59. The van der Waals surface area contributed by atoms with E-state index >= 15 is 0 Å². The number of hydrogen-bond acceptors (Lipinski definition) is 6. The van der Waals surface area contributed by atoms with Crippen molar-refractivity contribution in [1.29, 1.82) is 0 Å². The molecule has 0 atom stereocenters. The average Bonchev–Trinajstić information content (AvgIpc) is 3.09. The van der Waals surface area contributed by atoms with Gasteiger partial charge >= 0.3 is 5.97 Å². The van der Waals surface area contributed by atoms with Crippen molar-refractivity contribution < 1.29 is 14.8 Å². The number of anilines is 1. The zero-order valence-electron chi connectivity index (χ0n) is 13.4. The van der Waals surface area contributed by atoms with E-state index in [1.165, 1.54) is 12.3 Å². The molecule has 1 aliphatic heterocycles. The number of carboxylic acid groups (broad SMARTS) is 1. The van der Waals surface area contributed by atoms with Gasteiger partial charge in [-0.2, -0.15) is 0 Å². The highest BCUT2D eigenvalue weighted by Crippen LogP contribution is 2.31. The van der Waals surface area contributed by atoms with E-state index in [4.69, 9.17) is 5.11 Å². The van der Waals surface area contributed by atoms with Gasteiger partial charge in [-0.15, -0.1) is 11.3 Å². The van der Waals surface area contributed by atoms with Crippen LogP contribution in [0.4, 0.5) is 17.1 Å². The lowest BCUT2D eigenvalue weighted by Gasteiger charge is -2.28. The van der Waals surface area contributed by atoms with E-state index in [1.807, 2.05) is 4.90 Å². The molecule has 0 radical (unpaired) electrons. The Morgan fingerprint density at radius 1 is 1.28 bits per heavy atom. The summed E-state index contributed by atoms with van der Waals surface area (Å²) in [6.45, 7) is 1.65. The maximum Gasteiger partial charge on any atom is 0.348 e. The van der Waals surface area contributed by atoms with Crippen LogP contribution >= 0.6 is 11.3 Å². The predicted molar refractivity (Wildman–Crippen MR) is 97.7 cm³/mol. The fourth-order valence-electron chi connectivity index (χ4n) is 2.88. The molecule has 1 aliphatic rings. The Bertz CT molecular complexity index is 825. The van der Waals surface area contributed by atoms with Crippen molar-refractivity contribution in [3.8, 4) is 0 Å². The summed E-state index contributed by atoms with van der Waals surface area (Å²) in [7, 11) is 0. The van der Waals surface area contributed by atoms with Crippen LogP contribution in [0.2, 0.25) is 0 Å². The summed E-state index contributed by atoms with van der Waals surface area (Å²) in [6, 6.07) is 6.62. The highest BCUT2D eigenvalue weighted by atomic mass is 32.1. The summed E-state index contributed by atoms with van der Waals surface area (Å²) in [5.74, 6) is -1.03. The first-order chi connectivity index (χ1) is 12.1. The minimum Gasteiger partial charge on any atom is -0.477 e. The summed E-state index contributed by atoms with van der Waals surface area (Å²) in [6.07, 6.45) is 4.69. The molecule has 1 aromatic heterocycles. The molecule has 2 aromatic rings. The molecule has 1 fully saturated rings. The second-order valence-electron chi connectivity index (χ2n) is 5.75. The highest BCUT2D eigenvalue weighted by Gasteiger charge is 2.21. The molecule has 0 bridgehead atoms. The summed E-state index contributed by atoms with van der Waals surface area (Å²) in [5, 5.41) is 22.2. The molecule has 7 nitrogen and oxygen atoms in total. The van der Waals surface area contributed by atoms with Gasteiger partial charge in [0.1, 0.15) is 10.6 Å². The molecule has 25 heavy (non-hydrogen) atoms. The molecule has 0 aliphatic carbocycles. The minimum atomic E-state index is -1.03. The first-order valence-electron chi connectivity index (χ1n) is 7.94. The maximum absolute atomic E-state index is 11.5. The zero-order chi connectivity index (χ0) is 17.8. The number of hydrogen-bond donors (Lipinski definition) is 1. The van der Waals surface area contributed by atoms with E-state index < -0.39 is 5.97 Å². The lowest BCUT2D eigenvalue weighted by Crippen LogP contribution is -2.29. The third-order valence-corrected chi connectivity index (χ3v) is 4.98. The number of carboxylic acids is 1. The molecule has 1 N–H and O–H groups in total. The number of thiophene rings is 1. The van der Waals surface area contributed by atoms with Crippen molar-refractivity contribution in [3.05, 3.63) is 50.2 Å². The van der Waals surface area contributed by atoms with Gasteiger partial charge in [0.25, 0.3) is 5.69 Å². The van der Waals surface area contributed by atoms with Crippen molar-refractivity contribution in [2.75, 3.05) is 18.0 Å². The lowest BCUT2D eigenvalue weighted by atomic mass is 10.1. The topological polar surface area (TPSA) is 96.0 Å². The third-order valence-electron chi connectivity index (χ3n) is 4.08. The fourth-order valence-corrected chi connectivity index (χ4v) is 3.55. The van der Waals surface area contributed by atoms with Crippen molar-refractivity contribution in [2.24, 2.45) is 4.99 Å². The second kappa shape index (κ2) is 7.43. The van der Waals surface area contributed by atoms with Crippen molar-refractivity contribution >= 4 is 40.6 Å². The van der Waals surface area contributed by atoms with Gasteiger partial charge in [-0.25, -0.2) is 4.79 Å². The van der Waals surface area contributed by atoms with Gasteiger partial charge in [-0.05, 0) is 42.3 Å². The number of rotatable bonds is 5. The molecule has 0 saturated carbocycles. The van der Waals surface area contributed by atoms with Gasteiger partial charge < -0.3 is 10.0 Å². The van der Waals surface area contributed by atoms with E-state index in [9.17, 15) is 14.9 Å². The first-order valence-corrected chi connectivity index (χ1v) is 8.82. The number of benzene rings is 1. The van der Waals surface area contributed by atoms with Crippen LogP contribution in [0.5, 0.6) is 0 Å². The van der Waals surface area contributed by atoms with Crippen LogP contribution in [-0.2, 0) is 0 Å². The van der Waals surface area contributed by atoms with Crippen molar-refractivity contribution in [2.45, 2.75) is 19.3 Å². The standard InChI is InChI=1S/C17H17N3O4S/c21-17(22)16-13(6-9-25-16)18-11-12-4-5-14(15(10-12)20(23)24)19-7-2-1-3-8-19/h4-6,9-11H,1-3,7-8H2,(H,21,22). The van der Waals surface area contributed by atoms with E-state index in [0.717, 1.165) is 43.7 Å². The number of nitro benzene ring substituents is 1. The smallest absolute Gasteiger partial charge is 0.348 e. The Morgan fingerprint density at radius 3 is 2.72 bits per heavy atom. The summed E-state index contributed by atoms with van der Waals surface area (Å²) < 4.78 is 0. The molecule has 0 spiro atoms. The van der Waals surface area contributed by atoms with Crippen LogP contribution in [0.3, 0.4) is 0 Å². The van der Waals surface area contributed by atoms with Crippen LogP contribution in [0.1, 0.15) is 34.5 Å². The minimum absolute atomic E-state index is 0.0506. The molecule has 8 heteroatoms. The van der Waals surface area contributed by atoms with Gasteiger partial charge in [0, 0.05) is 25.4 Å². The third kappa shape index (κ3) is 3.85. The molecule has 1 aromatic carbocycles. The molecule has 0 unspecified atom stereocenters. The van der Waals surface area contributed by atoms with E-state index in [1.54, 1.807) is 23.6 Å². The van der Waals surface area contributed by atoms with Gasteiger partial charge in [-0.1, -0.05) is 6.07 Å². The first kappa shape index (κ1) is 17.1. The van der Waals surface area contributed by atoms with Crippen LogP contribution in [0, 0.1) is 10.1 Å². The SMILES string of the molecule is O=C(O)c1sccc1N=Cc1ccc(N2CCCCC2)c([N+](=O)[O-])c1. The van der Waals surface area contributed by atoms with E-state index in [-0.39, 0.29) is 15.5 Å². The number of aliphatic imine (C=N–C) groups is 1. The van der Waals surface area contributed by atoms with E-state index in [2.05, 4.69) is 4.99 Å². The number of nitrogens with zero attached hydrogens (tertiary/aromatic N) is 3. The van der Waals surface area contributed by atoms with Gasteiger partial charge in [0.2, 0.25) is 0 Å². The Labute approximate surface area is 148 Å². The number of aromatic carboxylic acids is 1. The summed E-state index contributed by atoms with van der Waals surface area (Å²) in [4.78, 5) is 28.5. The number of carbonyl (C=O) groups is 1. The largest absolute Gasteiger partial charge is 0.477 e. The van der Waals surface area contributed by atoms with Crippen molar-refractivity contribution in [1.82, 2.24) is 0 Å². The Morgan fingerprint density at radius 2 is 2.04 bits per heavy atom. The zero-order valence-corrected chi connectivity index (χ0v) is 14.2. The Hall–Kier alpha value is -2.74. The van der Waals surface area contributed by atoms with Crippen LogP contribution in [0.15, 0.2) is 34.6 Å². The molecular weight excluding hydrogens is 342 g/mol. The molecule has 0 amide bonds. The molecular formula is C17H17N3O4S. The normalized spacial score (nSPS) is 14.8. The molecule has 2 heterocycles. The monoisotopic (exact) mass is 359 g/mol.